The number of hydrogen-bond donors (Lipinski definition) is 0. The number of aromatic nitrogens is 1. The molecule has 1 atom stereocenters. The summed E-state index contributed by atoms with van der Waals surface area (Å²) in [6, 6.07) is 11.7. The third kappa shape index (κ3) is 2.30. The van der Waals surface area contributed by atoms with E-state index in [0.29, 0.717) is 11.6 Å². The number of hydrogen-bond acceptors (Lipinski definition) is 2. The average molecular weight is 275 g/mol. The van der Waals surface area contributed by atoms with Gasteiger partial charge in [-0.2, -0.15) is 0 Å². The summed E-state index contributed by atoms with van der Waals surface area (Å²) in [5, 5.41) is 1.05. The number of para-hydroxylation sites is 1. The number of halogens is 1. The lowest BCUT2D eigenvalue weighted by molar-refractivity contribution is 0.0743. The van der Waals surface area contributed by atoms with Gasteiger partial charge < -0.3 is 4.90 Å². The summed E-state index contributed by atoms with van der Waals surface area (Å²) >= 11 is 5.91. The lowest BCUT2D eigenvalue weighted by atomic mass is 10.2. The molecule has 0 bridgehead atoms. The Kier molecular flexibility index (Phi) is 3.38. The van der Waals surface area contributed by atoms with Crippen molar-refractivity contribution in [1.29, 1.82) is 0 Å². The van der Waals surface area contributed by atoms with E-state index >= 15 is 0 Å². The fourth-order valence-electron chi connectivity index (χ4n) is 2.60. The third-order valence-electron chi connectivity index (χ3n) is 3.63. The molecule has 1 unspecified atom stereocenters. The van der Waals surface area contributed by atoms with Crippen LogP contribution < -0.4 is 0 Å². The average Bonchev–Trinajstić information content (AvgIpc) is 2.94. The highest BCUT2D eigenvalue weighted by molar-refractivity contribution is 6.18. The molecule has 1 saturated heterocycles. The molecule has 0 N–H and O–H groups in total. The molecule has 1 fully saturated rings. The maximum Gasteiger partial charge on any atom is 0.272 e. The van der Waals surface area contributed by atoms with E-state index in [1.54, 1.807) is 6.07 Å². The van der Waals surface area contributed by atoms with Crippen molar-refractivity contribution in [2.75, 3.05) is 12.4 Å². The molecule has 1 aliphatic rings. The molecular formula is C15H15ClN2O. The Labute approximate surface area is 117 Å². The highest BCUT2D eigenvalue weighted by Gasteiger charge is 2.29. The van der Waals surface area contributed by atoms with Crippen molar-refractivity contribution in [3.05, 3.63) is 42.1 Å². The molecule has 1 aliphatic heterocycles. The van der Waals surface area contributed by atoms with Gasteiger partial charge in [0.15, 0.2) is 0 Å². The molecule has 19 heavy (non-hydrogen) atoms. The SMILES string of the molecule is O=C(c1ccc2ccccc2n1)N1CCCC1CCl. The van der Waals surface area contributed by atoms with Crippen molar-refractivity contribution in [3.8, 4) is 0 Å². The predicted octanol–water partition coefficient (Wildman–Crippen LogP) is 3.08. The van der Waals surface area contributed by atoms with Crippen molar-refractivity contribution < 1.29 is 4.79 Å². The number of carbonyl (C=O) groups excluding carboxylic acids is 1. The molecular weight excluding hydrogens is 260 g/mol. The van der Waals surface area contributed by atoms with Crippen LogP contribution in [0.2, 0.25) is 0 Å². The summed E-state index contributed by atoms with van der Waals surface area (Å²) in [5.41, 5.74) is 1.37. The van der Waals surface area contributed by atoms with E-state index in [4.69, 9.17) is 11.6 Å². The Hall–Kier alpha value is -1.61. The van der Waals surface area contributed by atoms with E-state index in [1.165, 1.54) is 0 Å². The Bertz CT molecular complexity index is 614. The van der Waals surface area contributed by atoms with Crippen LogP contribution >= 0.6 is 11.6 Å². The summed E-state index contributed by atoms with van der Waals surface area (Å²) in [5.74, 6) is 0.494. The number of alkyl halides is 1. The highest BCUT2D eigenvalue weighted by Crippen LogP contribution is 2.21. The van der Waals surface area contributed by atoms with Gasteiger partial charge in [0.05, 0.1) is 5.52 Å². The quantitative estimate of drug-likeness (QED) is 0.789. The largest absolute Gasteiger partial charge is 0.333 e. The van der Waals surface area contributed by atoms with Crippen LogP contribution in [0.4, 0.5) is 0 Å². The molecule has 2 heterocycles. The first kappa shape index (κ1) is 12.4. The van der Waals surface area contributed by atoms with E-state index in [2.05, 4.69) is 4.98 Å². The number of nitrogens with zero attached hydrogens (tertiary/aromatic N) is 2. The number of amides is 1. The number of benzene rings is 1. The first-order valence-electron chi connectivity index (χ1n) is 6.52. The van der Waals surface area contributed by atoms with Gasteiger partial charge in [0.25, 0.3) is 5.91 Å². The third-order valence-corrected chi connectivity index (χ3v) is 3.99. The fourth-order valence-corrected chi connectivity index (χ4v) is 2.92. The van der Waals surface area contributed by atoms with Crippen molar-refractivity contribution in [3.63, 3.8) is 0 Å². The second-order valence-corrected chi connectivity index (χ2v) is 5.15. The zero-order chi connectivity index (χ0) is 13.2. The zero-order valence-electron chi connectivity index (χ0n) is 10.6. The second-order valence-electron chi connectivity index (χ2n) is 4.84. The zero-order valence-corrected chi connectivity index (χ0v) is 11.3. The van der Waals surface area contributed by atoms with Gasteiger partial charge in [-0.05, 0) is 25.0 Å². The van der Waals surface area contributed by atoms with Crippen molar-refractivity contribution in [2.45, 2.75) is 18.9 Å². The minimum atomic E-state index is -0.00565. The van der Waals surface area contributed by atoms with E-state index in [0.717, 1.165) is 30.3 Å². The van der Waals surface area contributed by atoms with Crippen molar-refractivity contribution >= 4 is 28.4 Å². The molecule has 1 amide bonds. The van der Waals surface area contributed by atoms with E-state index < -0.39 is 0 Å². The Morgan fingerprint density at radius 2 is 2.16 bits per heavy atom. The molecule has 0 spiro atoms. The first-order valence-corrected chi connectivity index (χ1v) is 7.06. The molecule has 1 aromatic heterocycles. The normalized spacial score (nSPS) is 19.0. The van der Waals surface area contributed by atoms with Gasteiger partial charge in [-0.3, -0.25) is 4.79 Å². The van der Waals surface area contributed by atoms with Crippen molar-refractivity contribution in [1.82, 2.24) is 9.88 Å². The molecule has 3 nitrogen and oxygen atoms in total. The molecule has 0 radical (unpaired) electrons. The number of fused-ring (bicyclic) bond motifs is 1. The number of likely N-dealkylation sites (tertiary alicyclic amines) is 1. The minimum absolute atomic E-state index is 0.00565. The molecule has 3 rings (SSSR count). The Morgan fingerprint density at radius 3 is 3.00 bits per heavy atom. The molecule has 2 aromatic rings. The van der Waals surface area contributed by atoms with Crippen LogP contribution in [0, 0.1) is 0 Å². The smallest absolute Gasteiger partial charge is 0.272 e. The Balaban J connectivity index is 1.93. The first-order chi connectivity index (χ1) is 9.29. The summed E-state index contributed by atoms with van der Waals surface area (Å²) < 4.78 is 0. The van der Waals surface area contributed by atoms with Crippen LogP contribution in [0.3, 0.4) is 0 Å². The Morgan fingerprint density at radius 1 is 1.32 bits per heavy atom. The topological polar surface area (TPSA) is 33.2 Å². The van der Waals surface area contributed by atoms with Crippen LogP contribution in [0.15, 0.2) is 36.4 Å². The minimum Gasteiger partial charge on any atom is -0.333 e. The van der Waals surface area contributed by atoms with Gasteiger partial charge >= 0.3 is 0 Å². The summed E-state index contributed by atoms with van der Waals surface area (Å²) in [6.45, 7) is 0.782. The van der Waals surface area contributed by atoms with Crippen LogP contribution in [-0.2, 0) is 0 Å². The predicted molar refractivity (Wildman–Crippen MR) is 76.5 cm³/mol. The van der Waals surface area contributed by atoms with Crippen LogP contribution in [0.25, 0.3) is 10.9 Å². The summed E-state index contributed by atoms with van der Waals surface area (Å²) in [7, 11) is 0. The number of pyridine rings is 1. The maximum atomic E-state index is 12.5. The lowest BCUT2D eigenvalue weighted by Gasteiger charge is -2.22. The molecule has 0 aliphatic carbocycles. The van der Waals surface area contributed by atoms with Crippen LogP contribution in [-0.4, -0.2) is 34.3 Å². The molecule has 98 valence electrons. The molecule has 0 saturated carbocycles. The van der Waals surface area contributed by atoms with Gasteiger partial charge in [0.2, 0.25) is 0 Å². The van der Waals surface area contributed by atoms with Crippen LogP contribution in [0.5, 0.6) is 0 Å². The highest BCUT2D eigenvalue weighted by atomic mass is 35.5. The summed E-state index contributed by atoms with van der Waals surface area (Å²) in [6.07, 6.45) is 2.01. The van der Waals surface area contributed by atoms with Gasteiger partial charge in [0, 0.05) is 23.9 Å². The van der Waals surface area contributed by atoms with Gasteiger partial charge in [-0.1, -0.05) is 24.3 Å². The summed E-state index contributed by atoms with van der Waals surface area (Å²) in [4.78, 5) is 18.8. The van der Waals surface area contributed by atoms with Crippen molar-refractivity contribution in [2.24, 2.45) is 0 Å². The van der Waals surface area contributed by atoms with Gasteiger partial charge in [-0.25, -0.2) is 4.98 Å². The van der Waals surface area contributed by atoms with Crippen LogP contribution in [0.1, 0.15) is 23.3 Å². The maximum absolute atomic E-state index is 12.5. The number of rotatable bonds is 2. The van der Waals surface area contributed by atoms with Gasteiger partial charge in [0.1, 0.15) is 5.69 Å². The molecule has 4 heteroatoms. The monoisotopic (exact) mass is 274 g/mol. The lowest BCUT2D eigenvalue weighted by Crippen LogP contribution is -2.36. The van der Waals surface area contributed by atoms with Gasteiger partial charge in [-0.15, -0.1) is 11.6 Å². The van der Waals surface area contributed by atoms with E-state index in [1.807, 2.05) is 35.2 Å². The van der Waals surface area contributed by atoms with E-state index in [-0.39, 0.29) is 11.9 Å². The standard InChI is InChI=1S/C15H15ClN2O/c16-10-12-5-3-9-18(12)15(19)14-8-7-11-4-1-2-6-13(11)17-14/h1-2,4,6-8,12H,3,5,9-10H2. The van der Waals surface area contributed by atoms with E-state index in [9.17, 15) is 4.79 Å². The molecule has 1 aromatic carbocycles. The fraction of sp³-hybridized carbons (Fsp3) is 0.333. The number of carbonyl (C=O) groups is 1. The second kappa shape index (κ2) is 5.17.